The lowest BCUT2D eigenvalue weighted by molar-refractivity contribution is -0.117. The van der Waals surface area contributed by atoms with Crippen molar-refractivity contribution >= 4 is 34.0 Å². The van der Waals surface area contributed by atoms with Crippen molar-refractivity contribution in [2.75, 3.05) is 16.8 Å². The number of carbonyl (C=O) groups is 2. The normalized spacial score (nSPS) is 13.9. The van der Waals surface area contributed by atoms with Crippen LogP contribution < -0.4 is 10.2 Å². The maximum atomic E-state index is 14.1. The van der Waals surface area contributed by atoms with Gasteiger partial charge in [-0.1, -0.05) is 0 Å². The SMILES string of the molecule is Cc1nnnn1-c1ccc(F)c(NC(=O)Cc2csc(N3CCCC3=O)n2)c1. The van der Waals surface area contributed by atoms with Crippen molar-refractivity contribution < 1.29 is 14.0 Å². The Balaban J connectivity index is 1.46. The Hall–Kier alpha value is -3.21. The van der Waals surface area contributed by atoms with E-state index in [2.05, 4.69) is 25.8 Å². The number of thiazole rings is 1. The Kier molecular flexibility index (Phi) is 4.82. The Morgan fingerprint density at radius 3 is 2.96 bits per heavy atom. The number of aryl methyl sites for hydroxylation is 1. The molecule has 2 amide bonds. The molecule has 9 nitrogen and oxygen atoms in total. The smallest absolute Gasteiger partial charge is 0.230 e. The molecule has 0 radical (unpaired) electrons. The van der Waals surface area contributed by atoms with Crippen LogP contribution in [0.5, 0.6) is 0 Å². The van der Waals surface area contributed by atoms with Gasteiger partial charge in [0.15, 0.2) is 11.0 Å². The number of benzene rings is 1. The van der Waals surface area contributed by atoms with E-state index in [0.29, 0.717) is 35.3 Å². The van der Waals surface area contributed by atoms with Gasteiger partial charge < -0.3 is 5.32 Å². The summed E-state index contributed by atoms with van der Waals surface area (Å²) in [5, 5.41) is 16.1. The van der Waals surface area contributed by atoms with E-state index in [1.165, 1.54) is 34.2 Å². The average Bonchev–Trinajstić information content (AvgIpc) is 3.38. The first-order valence-corrected chi connectivity index (χ1v) is 9.49. The summed E-state index contributed by atoms with van der Waals surface area (Å²) in [5.74, 6) is -0.393. The van der Waals surface area contributed by atoms with Gasteiger partial charge in [0.05, 0.1) is 23.5 Å². The molecule has 1 aliphatic rings. The number of tetrazole rings is 1. The number of aromatic nitrogens is 5. The first kappa shape index (κ1) is 18.2. The maximum absolute atomic E-state index is 14.1. The molecule has 11 heteroatoms. The molecule has 0 saturated carbocycles. The number of nitrogens with one attached hydrogen (secondary N) is 1. The third-order valence-corrected chi connectivity index (χ3v) is 5.19. The van der Waals surface area contributed by atoms with Gasteiger partial charge in [0, 0.05) is 18.3 Å². The van der Waals surface area contributed by atoms with Crippen LogP contribution in [0.15, 0.2) is 23.6 Å². The van der Waals surface area contributed by atoms with Gasteiger partial charge in [-0.15, -0.1) is 16.4 Å². The summed E-state index contributed by atoms with van der Waals surface area (Å²) in [7, 11) is 0. The molecule has 28 heavy (non-hydrogen) atoms. The highest BCUT2D eigenvalue weighted by Crippen LogP contribution is 2.26. The van der Waals surface area contributed by atoms with E-state index in [1.54, 1.807) is 17.2 Å². The molecule has 1 fully saturated rings. The number of amides is 2. The van der Waals surface area contributed by atoms with Crippen LogP contribution in [0.1, 0.15) is 24.4 Å². The highest BCUT2D eigenvalue weighted by molar-refractivity contribution is 7.14. The molecule has 0 spiro atoms. The number of halogens is 1. The molecule has 0 atom stereocenters. The predicted molar refractivity (Wildman–Crippen MR) is 99.9 cm³/mol. The number of hydrogen-bond acceptors (Lipinski definition) is 7. The molecule has 2 aromatic heterocycles. The molecule has 3 aromatic rings. The quantitative estimate of drug-likeness (QED) is 0.700. The number of rotatable bonds is 5. The summed E-state index contributed by atoms with van der Waals surface area (Å²) in [5.41, 5.74) is 1.09. The van der Waals surface area contributed by atoms with Gasteiger partial charge in [0.1, 0.15) is 5.82 Å². The van der Waals surface area contributed by atoms with Crippen LogP contribution in [-0.2, 0) is 16.0 Å². The topological polar surface area (TPSA) is 106 Å². The second-order valence-corrected chi connectivity index (χ2v) is 7.13. The van der Waals surface area contributed by atoms with Crippen LogP contribution >= 0.6 is 11.3 Å². The summed E-state index contributed by atoms with van der Waals surface area (Å²) in [6.07, 6.45) is 1.31. The van der Waals surface area contributed by atoms with Crippen molar-refractivity contribution in [1.82, 2.24) is 25.2 Å². The van der Waals surface area contributed by atoms with Crippen molar-refractivity contribution in [2.24, 2.45) is 0 Å². The second kappa shape index (κ2) is 7.43. The van der Waals surface area contributed by atoms with E-state index >= 15 is 0 Å². The molecule has 3 heterocycles. The Labute approximate surface area is 163 Å². The molecule has 1 aliphatic heterocycles. The third-order valence-electron chi connectivity index (χ3n) is 4.28. The lowest BCUT2D eigenvalue weighted by Crippen LogP contribution is -2.23. The second-order valence-electron chi connectivity index (χ2n) is 6.30. The molecule has 1 saturated heterocycles. The number of carbonyl (C=O) groups excluding carboxylic acids is 2. The number of anilines is 2. The standard InChI is InChI=1S/C17H16FN7O2S/c1-10-21-22-23-25(10)12-4-5-13(18)14(8-12)20-15(26)7-11-9-28-17(19-11)24-6-2-3-16(24)27/h4-5,8-9H,2-3,6-7H2,1H3,(H,20,26). The van der Waals surface area contributed by atoms with Crippen LogP contribution in [0.4, 0.5) is 15.2 Å². The average molecular weight is 401 g/mol. The van der Waals surface area contributed by atoms with Crippen molar-refractivity contribution in [2.45, 2.75) is 26.2 Å². The van der Waals surface area contributed by atoms with Crippen molar-refractivity contribution in [3.63, 3.8) is 0 Å². The zero-order valence-electron chi connectivity index (χ0n) is 14.9. The van der Waals surface area contributed by atoms with Gasteiger partial charge in [-0.3, -0.25) is 14.5 Å². The fourth-order valence-corrected chi connectivity index (χ4v) is 3.79. The molecule has 1 N–H and O–H groups in total. The van der Waals surface area contributed by atoms with Gasteiger partial charge in [-0.2, -0.15) is 4.68 Å². The van der Waals surface area contributed by atoms with Gasteiger partial charge >= 0.3 is 0 Å². The van der Waals surface area contributed by atoms with Crippen molar-refractivity contribution in [3.8, 4) is 5.69 Å². The van der Waals surface area contributed by atoms with Gasteiger partial charge in [0.2, 0.25) is 11.8 Å². The van der Waals surface area contributed by atoms with E-state index in [-0.39, 0.29) is 18.0 Å². The summed E-state index contributed by atoms with van der Waals surface area (Å²) in [6.45, 7) is 2.36. The maximum Gasteiger partial charge on any atom is 0.230 e. The van der Waals surface area contributed by atoms with Crippen LogP contribution in [0.25, 0.3) is 5.69 Å². The predicted octanol–water partition coefficient (Wildman–Crippen LogP) is 1.87. The number of hydrogen-bond donors (Lipinski definition) is 1. The van der Waals surface area contributed by atoms with Crippen LogP contribution in [0, 0.1) is 12.7 Å². The molecule has 4 rings (SSSR count). The minimum atomic E-state index is -0.565. The molecule has 0 unspecified atom stereocenters. The van der Waals surface area contributed by atoms with E-state index in [9.17, 15) is 14.0 Å². The van der Waals surface area contributed by atoms with Crippen LogP contribution in [0.3, 0.4) is 0 Å². The summed E-state index contributed by atoms with van der Waals surface area (Å²) in [6, 6.07) is 4.23. The zero-order valence-corrected chi connectivity index (χ0v) is 15.7. The molecular weight excluding hydrogens is 385 g/mol. The first-order chi connectivity index (χ1) is 13.5. The highest BCUT2D eigenvalue weighted by atomic mass is 32.1. The first-order valence-electron chi connectivity index (χ1n) is 8.61. The van der Waals surface area contributed by atoms with Gasteiger partial charge in [-0.25, -0.2) is 9.37 Å². The van der Waals surface area contributed by atoms with Gasteiger partial charge in [0.25, 0.3) is 0 Å². The minimum absolute atomic E-state index is 0.0217. The summed E-state index contributed by atoms with van der Waals surface area (Å²) < 4.78 is 15.6. The van der Waals surface area contributed by atoms with E-state index < -0.39 is 11.7 Å². The molecular formula is C17H16FN7O2S. The van der Waals surface area contributed by atoms with Crippen molar-refractivity contribution in [1.29, 1.82) is 0 Å². The highest BCUT2D eigenvalue weighted by Gasteiger charge is 2.24. The van der Waals surface area contributed by atoms with Crippen LogP contribution in [-0.4, -0.2) is 43.6 Å². The lowest BCUT2D eigenvalue weighted by atomic mass is 10.2. The Morgan fingerprint density at radius 1 is 1.39 bits per heavy atom. The molecule has 0 bridgehead atoms. The largest absolute Gasteiger partial charge is 0.323 e. The number of nitrogens with zero attached hydrogens (tertiary/aromatic N) is 6. The molecule has 144 valence electrons. The third kappa shape index (κ3) is 3.60. The monoisotopic (exact) mass is 401 g/mol. The lowest BCUT2D eigenvalue weighted by Gasteiger charge is -2.10. The minimum Gasteiger partial charge on any atom is -0.323 e. The Morgan fingerprint density at radius 2 is 2.25 bits per heavy atom. The van der Waals surface area contributed by atoms with E-state index in [1.807, 2.05) is 0 Å². The van der Waals surface area contributed by atoms with Gasteiger partial charge in [-0.05, 0) is 42.0 Å². The van der Waals surface area contributed by atoms with Crippen molar-refractivity contribution in [3.05, 3.63) is 40.9 Å². The van der Waals surface area contributed by atoms with Crippen LogP contribution in [0.2, 0.25) is 0 Å². The fraction of sp³-hybridized carbons (Fsp3) is 0.294. The fourth-order valence-electron chi connectivity index (χ4n) is 2.92. The summed E-state index contributed by atoms with van der Waals surface area (Å²) in [4.78, 5) is 30.1. The summed E-state index contributed by atoms with van der Waals surface area (Å²) >= 11 is 1.32. The van der Waals surface area contributed by atoms with E-state index in [4.69, 9.17) is 0 Å². The molecule has 1 aromatic carbocycles. The molecule has 0 aliphatic carbocycles. The van der Waals surface area contributed by atoms with E-state index in [0.717, 1.165) is 6.42 Å². The Bertz CT molecular complexity index is 1050. The zero-order chi connectivity index (χ0) is 19.7.